The number of hydrogen-bond donors (Lipinski definition) is 1. The van der Waals surface area contributed by atoms with E-state index in [2.05, 4.69) is 4.98 Å². The summed E-state index contributed by atoms with van der Waals surface area (Å²) in [5.74, 6) is -0.377. The van der Waals surface area contributed by atoms with E-state index < -0.39 is 0 Å². The average molecular weight is 285 g/mol. The fourth-order valence-electron chi connectivity index (χ4n) is 1.72. The maximum atomic E-state index is 12.9. The van der Waals surface area contributed by atoms with E-state index in [1.165, 1.54) is 12.1 Å². The molecule has 2 aromatic rings. The van der Waals surface area contributed by atoms with Crippen molar-refractivity contribution < 1.29 is 4.39 Å². The van der Waals surface area contributed by atoms with Gasteiger partial charge in [0.2, 0.25) is 0 Å². The molecular formula is C13H11Cl2FN2. The van der Waals surface area contributed by atoms with Gasteiger partial charge in [-0.3, -0.25) is 4.98 Å². The van der Waals surface area contributed by atoms with Crippen molar-refractivity contribution in [3.8, 4) is 0 Å². The molecule has 18 heavy (non-hydrogen) atoms. The van der Waals surface area contributed by atoms with E-state index in [-0.39, 0.29) is 11.9 Å². The number of rotatable bonds is 3. The van der Waals surface area contributed by atoms with Gasteiger partial charge in [0.25, 0.3) is 0 Å². The van der Waals surface area contributed by atoms with Crippen LogP contribution in [-0.2, 0) is 6.42 Å². The number of benzene rings is 1. The second-order valence-electron chi connectivity index (χ2n) is 3.94. The number of pyridine rings is 1. The number of nitrogens with zero attached hydrogens (tertiary/aromatic N) is 1. The topological polar surface area (TPSA) is 38.9 Å². The van der Waals surface area contributed by atoms with E-state index in [4.69, 9.17) is 28.9 Å². The highest BCUT2D eigenvalue weighted by molar-refractivity contribution is 6.31. The van der Waals surface area contributed by atoms with Crippen molar-refractivity contribution in [3.05, 3.63) is 63.6 Å². The van der Waals surface area contributed by atoms with E-state index in [0.717, 1.165) is 5.56 Å². The first-order chi connectivity index (χ1) is 8.58. The van der Waals surface area contributed by atoms with Crippen molar-refractivity contribution in [2.75, 3.05) is 0 Å². The summed E-state index contributed by atoms with van der Waals surface area (Å²) in [7, 11) is 0. The molecule has 0 bridgehead atoms. The Hall–Kier alpha value is -1.16. The van der Waals surface area contributed by atoms with Crippen LogP contribution in [-0.4, -0.2) is 4.98 Å². The Morgan fingerprint density at radius 1 is 1.22 bits per heavy atom. The van der Waals surface area contributed by atoms with Gasteiger partial charge in [-0.05, 0) is 35.7 Å². The average Bonchev–Trinajstić information content (AvgIpc) is 2.32. The molecule has 1 heterocycles. The predicted octanol–water partition coefficient (Wildman–Crippen LogP) is 3.77. The molecule has 94 valence electrons. The number of halogens is 3. The molecule has 5 heteroatoms. The molecule has 2 rings (SSSR count). The third-order valence-electron chi connectivity index (χ3n) is 2.66. The molecule has 1 aromatic heterocycles. The molecule has 0 spiro atoms. The standard InChI is InChI=1S/C13H11Cl2FN2/c14-11-6-9(16)1-2-10(11)13(17)5-8-3-4-18-7-12(8)15/h1-4,6-7,13H,5,17H2. The quantitative estimate of drug-likeness (QED) is 0.932. The van der Waals surface area contributed by atoms with Gasteiger partial charge in [0.15, 0.2) is 0 Å². The molecule has 0 aliphatic rings. The SMILES string of the molecule is NC(Cc1ccncc1Cl)c1ccc(F)cc1Cl. The molecule has 1 atom stereocenters. The minimum absolute atomic E-state index is 0.327. The Morgan fingerprint density at radius 3 is 2.67 bits per heavy atom. The van der Waals surface area contributed by atoms with Crippen LogP contribution in [0.5, 0.6) is 0 Å². The molecule has 0 fully saturated rings. The first kappa shape index (κ1) is 13.3. The van der Waals surface area contributed by atoms with Crippen molar-refractivity contribution >= 4 is 23.2 Å². The zero-order valence-electron chi connectivity index (χ0n) is 9.41. The highest BCUT2D eigenvalue weighted by Gasteiger charge is 2.13. The highest BCUT2D eigenvalue weighted by Crippen LogP contribution is 2.26. The van der Waals surface area contributed by atoms with Crippen LogP contribution in [0.3, 0.4) is 0 Å². The van der Waals surface area contributed by atoms with Crippen molar-refractivity contribution in [1.82, 2.24) is 4.98 Å². The van der Waals surface area contributed by atoms with Gasteiger partial charge in [0, 0.05) is 23.5 Å². The molecule has 0 saturated heterocycles. The second kappa shape index (κ2) is 5.65. The zero-order valence-corrected chi connectivity index (χ0v) is 10.9. The van der Waals surface area contributed by atoms with Gasteiger partial charge in [-0.25, -0.2) is 4.39 Å². The van der Waals surface area contributed by atoms with Crippen LogP contribution in [0.25, 0.3) is 0 Å². The second-order valence-corrected chi connectivity index (χ2v) is 4.76. The molecule has 0 aliphatic heterocycles. The maximum Gasteiger partial charge on any atom is 0.124 e. The lowest BCUT2D eigenvalue weighted by Gasteiger charge is -2.14. The van der Waals surface area contributed by atoms with Crippen LogP contribution in [0.1, 0.15) is 17.2 Å². The lowest BCUT2D eigenvalue weighted by atomic mass is 10.0. The first-order valence-corrected chi connectivity index (χ1v) is 6.12. The Kier molecular flexibility index (Phi) is 4.17. The summed E-state index contributed by atoms with van der Waals surface area (Å²) in [6, 6.07) is 5.66. The first-order valence-electron chi connectivity index (χ1n) is 5.37. The molecule has 2 N–H and O–H groups in total. The largest absolute Gasteiger partial charge is 0.324 e. The van der Waals surface area contributed by atoms with Gasteiger partial charge in [0.1, 0.15) is 5.82 Å². The van der Waals surface area contributed by atoms with E-state index in [1.54, 1.807) is 24.5 Å². The minimum Gasteiger partial charge on any atom is -0.324 e. The van der Waals surface area contributed by atoms with Crippen LogP contribution in [0.4, 0.5) is 4.39 Å². The molecule has 1 aromatic carbocycles. The Labute approximate surface area is 115 Å². The van der Waals surface area contributed by atoms with Gasteiger partial charge >= 0.3 is 0 Å². The van der Waals surface area contributed by atoms with Gasteiger partial charge in [-0.2, -0.15) is 0 Å². The molecule has 1 unspecified atom stereocenters. The molecule has 0 saturated carbocycles. The highest BCUT2D eigenvalue weighted by atomic mass is 35.5. The number of hydrogen-bond acceptors (Lipinski definition) is 2. The third kappa shape index (κ3) is 2.99. The maximum absolute atomic E-state index is 12.9. The van der Waals surface area contributed by atoms with Gasteiger partial charge in [-0.15, -0.1) is 0 Å². The van der Waals surface area contributed by atoms with E-state index in [9.17, 15) is 4.39 Å². The monoisotopic (exact) mass is 284 g/mol. The summed E-state index contributed by atoms with van der Waals surface area (Å²) in [5.41, 5.74) is 7.65. The van der Waals surface area contributed by atoms with E-state index in [0.29, 0.717) is 22.0 Å². The van der Waals surface area contributed by atoms with Crippen molar-refractivity contribution in [1.29, 1.82) is 0 Å². The molecular weight excluding hydrogens is 274 g/mol. The third-order valence-corrected chi connectivity index (χ3v) is 3.33. The van der Waals surface area contributed by atoms with Crippen molar-refractivity contribution in [2.24, 2.45) is 5.73 Å². The van der Waals surface area contributed by atoms with Crippen LogP contribution < -0.4 is 5.73 Å². The lowest BCUT2D eigenvalue weighted by Crippen LogP contribution is -2.14. The van der Waals surface area contributed by atoms with Gasteiger partial charge in [0.05, 0.1) is 5.02 Å². The van der Waals surface area contributed by atoms with Crippen LogP contribution in [0.15, 0.2) is 36.7 Å². The summed E-state index contributed by atoms with van der Waals surface area (Å²) < 4.78 is 12.9. The number of aromatic nitrogens is 1. The Morgan fingerprint density at radius 2 is 2.00 bits per heavy atom. The Bertz CT molecular complexity index is 560. The summed E-state index contributed by atoms with van der Waals surface area (Å²) in [5, 5.41) is 0.888. The lowest BCUT2D eigenvalue weighted by molar-refractivity contribution is 0.624. The fraction of sp³-hybridized carbons (Fsp3) is 0.154. The van der Waals surface area contributed by atoms with Crippen molar-refractivity contribution in [2.45, 2.75) is 12.5 Å². The van der Waals surface area contributed by atoms with Crippen LogP contribution in [0, 0.1) is 5.82 Å². The molecule has 0 radical (unpaired) electrons. The summed E-state index contributed by atoms with van der Waals surface area (Å²) in [4.78, 5) is 3.91. The van der Waals surface area contributed by atoms with Crippen LogP contribution >= 0.6 is 23.2 Å². The zero-order chi connectivity index (χ0) is 13.1. The fourth-order valence-corrected chi connectivity index (χ4v) is 2.22. The number of nitrogens with two attached hydrogens (primary N) is 1. The molecule has 0 amide bonds. The summed E-state index contributed by atoms with van der Waals surface area (Å²) in [6.45, 7) is 0. The van der Waals surface area contributed by atoms with E-state index >= 15 is 0 Å². The van der Waals surface area contributed by atoms with E-state index in [1.807, 2.05) is 0 Å². The smallest absolute Gasteiger partial charge is 0.124 e. The predicted molar refractivity (Wildman–Crippen MR) is 71.3 cm³/mol. The van der Waals surface area contributed by atoms with Gasteiger partial charge in [-0.1, -0.05) is 29.3 Å². The molecule has 0 aliphatic carbocycles. The van der Waals surface area contributed by atoms with Crippen molar-refractivity contribution in [3.63, 3.8) is 0 Å². The molecule has 2 nitrogen and oxygen atoms in total. The summed E-state index contributed by atoms with van der Waals surface area (Å²) >= 11 is 12.0. The van der Waals surface area contributed by atoms with Crippen LogP contribution in [0.2, 0.25) is 10.0 Å². The minimum atomic E-state index is -0.377. The summed E-state index contributed by atoms with van der Waals surface area (Å²) in [6.07, 6.45) is 3.74. The normalized spacial score (nSPS) is 12.4. The Balaban J connectivity index is 2.22. The van der Waals surface area contributed by atoms with Gasteiger partial charge < -0.3 is 5.73 Å².